The molecule has 3 heteroatoms. The van der Waals surface area contributed by atoms with Crippen LogP contribution in [-0.2, 0) is 13.0 Å². The standard InChI is InChI=1S/C13H22N2O/c1-3-12-8-15-13(16-12)9-14-11-6-4-10(2)5-7-11/h8,10-11,14H,3-7,9H2,1-2H3. The van der Waals surface area contributed by atoms with Crippen LogP contribution in [0.1, 0.15) is 51.2 Å². The van der Waals surface area contributed by atoms with Crippen LogP contribution in [0.3, 0.4) is 0 Å². The van der Waals surface area contributed by atoms with E-state index in [-0.39, 0.29) is 0 Å². The molecule has 1 heterocycles. The maximum atomic E-state index is 5.57. The number of rotatable bonds is 4. The lowest BCUT2D eigenvalue weighted by atomic mass is 9.87. The monoisotopic (exact) mass is 222 g/mol. The number of oxazole rings is 1. The van der Waals surface area contributed by atoms with Gasteiger partial charge in [0, 0.05) is 12.5 Å². The molecule has 1 aromatic heterocycles. The minimum absolute atomic E-state index is 0.660. The molecule has 0 unspecified atom stereocenters. The first kappa shape index (κ1) is 11.6. The van der Waals surface area contributed by atoms with Crippen molar-refractivity contribution in [2.75, 3.05) is 0 Å². The third-order valence-corrected chi connectivity index (χ3v) is 3.51. The highest BCUT2D eigenvalue weighted by atomic mass is 16.4. The third kappa shape index (κ3) is 3.08. The number of aromatic nitrogens is 1. The summed E-state index contributed by atoms with van der Waals surface area (Å²) < 4.78 is 5.57. The van der Waals surface area contributed by atoms with Gasteiger partial charge in [0.05, 0.1) is 12.7 Å². The molecule has 0 amide bonds. The van der Waals surface area contributed by atoms with Crippen molar-refractivity contribution in [1.29, 1.82) is 0 Å². The molecule has 1 N–H and O–H groups in total. The van der Waals surface area contributed by atoms with Crippen LogP contribution in [0.15, 0.2) is 10.6 Å². The zero-order chi connectivity index (χ0) is 11.4. The fraction of sp³-hybridized carbons (Fsp3) is 0.769. The van der Waals surface area contributed by atoms with Crippen molar-refractivity contribution in [1.82, 2.24) is 10.3 Å². The van der Waals surface area contributed by atoms with Gasteiger partial charge in [-0.05, 0) is 31.6 Å². The predicted molar refractivity (Wildman–Crippen MR) is 64.1 cm³/mol. The third-order valence-electron chi connectivity index (χ3n) is 3.51. The lowest BCUT2D eigenvalue weighted by Gasteiger charge is -2.26. The quantitative estimate of drug-likeness (QED) is 0.851. The molecule has 0 bridgehead atoms. The average molecular weight is 222 g/mol. The first-order chi connectivity index (χ1) is 7.78. The molecule has 0 aromatic carbocycles. The van der Waals surface area contributed by atoms with E-state index >= 15 is 0 Å². The van der Waals surface area contributed by atoms with Crippen molar-refractivity contribution in [2.45, 2.75) is 58.5 Å². The molecule has 1 fully saturated rings. The molecule has 16 heavy (non-hydrogen) atoms. The average Bonchev–Trinajstić information content (AvgIpc) is 2.76. The van der Waals surface area contributed by atoms with Gasteiger partial charge in [-0.25, -0.2) is 4.98 Å². The summed E-state index contributed by atoms with van der Waals surface area (Å²) in [5, 5.41) is 3.54. The van der Waals surface area contributed by atoms with Crippen molar-refractivity contribution in [3.8, 4) is 0 Å². The minimum atomic E-state index is 0.660. The van der Waals surface area contributed by atoms with E-state index in [1.54, 1.807) is 0 Å². The maximum Gasteiger partial charge on any atom is 0.208 e. The molecule has 1 aromatic rings. The van der Waals surface area contributed by atoms with E-state index in [4.69, 9.17) is 4.42 Å². The van der Waals surface area contributed by atoms with Crippen LogP contribution in [0.2, 0.25) is 0 Å². The molecule has 3 nitrogen and oxygen atoms in total. The lowest BCUT2D eigenvalue weighted by Crippen LogP contribution is -2.32. The Balaban J connectivity index is 1.74. The van der Waals surface area contributed by atoms with E-state index in [2.05, 4.69) is 24.1 Å². The van der Waals surface area contributed by atoms with E-state index in [0.29, 0.717) is 6.04 Å². The van der Waals surface area contributed by atoms with E-state index in [0.717, 1.165) is 30.5 Å². The Hall–Kier alpha value is -0.830. The summed E-state index contributed by atoms with van der Waals surface area (Å²) in [6.45, 7) is 5.21. The Morgan fingerprint density at radius 3 is 2.75 bits per heavy atom. The zero-order valence-corrected chi connectivity index (χ0v) is 10.3. The second kappa shape index (κ2) is 5.48. The highest BCUT2D eigenvalue weighted by Gasteiger charge is 2.17. The Bertz CT molecular complexity index is 313. The van der Waals surface area contributed by atoms with Crippen molar-refractivity contribution in [3.63, 3.8) is 0 Å². The molecule has 0 aliphatic heterocycles. The molecule has 2 rings (SSSR count). The number of aryl methyl sites for hydroxylation is 1. The van der Waals surface area contributed by atoms with E-state index < -0.39 is 0 Å². The van der Waals surface area contributed by atoms with Gasteiger partial charge >= 0.3 is 0 Å². The summed E-state index contributed by atoms with van der Waals surface area (Å²) >= 11 is 0. The van der Waals surface area contributed by atoms with Crippen molar-refractivity contribution < 1.29 is 4.42 Å². The topological polar surface area (TPSA) is 38.1 Å². The van der Waals surface area contributed by atoms with Crippen LogP contribution in [0.5, 0.6) is 0 Å². The smallest absolute Gasteiger partial charge is 0.208 e. The summed E-state index contributed by atoms with van der Waals surface area (Å²) in [4.78, 5) is 4.26. The van der Waals surface area contributed by atoms with Crippen LogP contribution in [0.25, 0.3) is 0 Å². The van der Waals surface area contributed by atoms with Crippen LogP contribution in [-0.4, -0.2) is 11.0 Å². The fourth-order valence-corrected chi connectivity index (χ4v) is 2.29. The normalized spacial score (nSPS) is 25.9. The number of nitrogens with one attached hydrogen (secondary N) is 1. The second-order valence-corrected chi connectivity index (χ2v) is 4.91. The number of hydrogen-bond acceptors (Lipinski definition) is 3. The molecular weight excluding hydrogens is 200 g/mol. The maximum absolute atomic E-state index is 5.57. The molecule has 1 aliphatic carbocycles. The SMILES string of the molecule is CCc1cnc(CNC2CCC(C)CC2)o1. The number of hydrogen-bond donors (Lipinski definition) is 1. The van der Waals surface area contributed by atoms with Crippen molar-refractivity contribution in [2.24, 2.45) is 5.92 Å². The molecular formula is C13H22N2O. The van der Waals surface area contributed by atoms with Gasteiger partial charge in [0.2, 0.25) is 5.89 Å². The first-order valence-corrected chi connectivity index (χ1v) is 6.45. The summed E-state index contributed by atoms with van der Waals surface area (Å²) in [5.41, 5.74) is 0. The molecule has 1 aliphatic rings. The van der Waals surface area contributed by atoms with Gasteiger partial charge < -0.3 is 9.73 Å². The summed E-state index contributed by atoms with van der Waals surface area (Å²) in [7, 11) is 0. The van der Waals surface area contributed by atoms with Gasteiger partial charge in [-0.3, -0.25) is 0 Å². The molecule has 90 valence electrons. The van der Waals surface area contributed by atoms with Crippen LogP contribution < -0.4 is 5.32 Å². The van der Waals surface area contributed by atoms with Gasteiger partial charge in [-0.1, -0.05) is 13.8 Å². The Labute approximate surface area is 97.6 Å². The highest BCUT2D eigenvalue weighted by molar-refractivity contribution is 4.93. The molecule has 0 saturated heterocycles. The van der Waals surface area contributed by atoms with Gasteiger partial charge in [0.1, 0.15) is 5.76 Å². The first-order valence-electron chi connectivity index (χ1n) is 6.45. The summed E-state index contributed by atoms with van der Waals surface area (Å²) in [5.74, 6) is 2.72. The molecule has 1 saturated carbocycles. The Kier molecular flexibility index (Phi) is 3.99. The van der Waals surface area contributed by atoms with Gasteiger partial charge in [-0.15, -0.1) is 0 Å². The highest BCUT2D eigenvalue weighted by Crippen LogP contribution is 2.23. The molecule has 0 spiro atoms. The van der Waals surface area contributed by atoms with Crippen molar-refractivity contribution in [3.05, 3.63) is 17.8 Å². The van der Waals surface area contributed by atoms with Gasteiger partial charge in [-0.2, -0.15) is 0 Å². The largest absolute Gasteiger partial charge is 0.444 e. The van der Waals surface area contributed by atoms with E-state index in [1.165, 1.54) is 25.7 Å². The number of nitrogens with zero attached hydrogens (tertiary/aromatic N) is 1. The van der Waals surface area contributed by atoms with Crippen LogP contribution in [0, 0.1) is 5.92 Å². The van der Waals surface area contributed by atoms with E-state index in [1.807, 2.05) is 6.20 Å². The van der Waals surface area contributed by atoms with Crippen LogP contribution >= 0.6 is 0 Å². The molecule has 0 atom stereocenters. The summed E-state index contributed by atoms with van der Waals surface area (Å²) in [6.07, 6.45) is 8.05. The fourth-order valence-electron chi connectivity index (χ4n) is 2.29. The summed E-state index contributed by atoms with van der Waals surface area (Å²) in [6, 6.07) is 0.660. The van der Waals surface area contributed by atoms with Gasteiger partial charge in [0.25, 0.3) is 0 Å². The van der Waals surface area contributed by atoms with Crippen molar-refractivity contribution >= 4 is 0 Å². The lowest BCUT2D eigenvalue weighted by molar-refractivity contribution is 0.297. The van der Waals surface area contributed by atoms with E-state index in [9.17, 15) is 0 Å². The second-order valence-electron chi connectivity index (χ2n) is 4.91. The predicted octanol–water partition coefficient (Wildman–Crippen LogP) is 2.91. The zero-order valence-electron chi connectivity index (χ0n) is 10.3. The van der Waals surface area contributed by atoms with Gasteiger partial charge in [0.15, 0.2) is 0 Å². The minimum Gasteiger partial charge on any atom is -0.444 e. The van der Waals surface area contributed by atoms with Crippen LogP contribution in [0.4, 0.5) is 0 Å². The molecule has 0 radical (unpaired) electrons. The Morgan fingerprint density at radius 2 is 2.12 bits per heavy atom. The Morgan fingerprint density at radius 1 is 1.38 bits per heavy atom.